The van der Waals surface area contributed by atoms with Crippen molar-refractivity contribution >= 4 is 12.6 Å². The first kappa shape index (κ1) is 16.2. The van der Waals surface area contributed by atoms with Gasteiger partial charge in [-0.1, -0.05) is 24.3 Å². The summed E-state index contributed by atoms with van der Waals surface area (Å²) in [6, 6.07) is 19.6. The third kappa shape index (κ3) is 3.82. The molecule has 0 amide bonds. The van der Waals surface area contributed by atoms with Crippen molar-refractivity contribution in [2.75, 3.05) is 14.2 Å². The molecule has 0 aliphatic heterocycles. The van der Waals surface area contributed by atoms with Gasteiger partial charge >= 0.3 is 7.12 Å². The highest BCUT2D eigenvalue weighted by atomic mass is 16.6. The molecule has 0 aliphatic rings. The zero-order valence-corrected chi connectivity index (χ0v) is 13.7. The van der Waals surface area contributed by atoms with Crippen molar-refractivity contribution in [3.8, 4) is 22.6 Å². The number of pyridine rings is 1. The fraction of sp³-hybridized carbons (Fsp3) is 0.105. The SMILES string of the molecule is COB(OC)c1ccc(Oc2ccc(-c3ccncc3)cc2)cc1. The monoisotopic (exact) mass is 319 g/mol. The van der Waals surface area contributed by atoms with E-state index in [1.54, 1.807) is 26.6 Å². The van der Waals surface area contributed by atoms with Gasteiger partial charge in [-0.15, -0.1) is 0 Å². The van der Waals surface area contributed by atoms with Crippen molar-refractivity contribution in [2.45, 2.75) is 0 Å². The molecular weight excluding hydrogens is 301 g/mol. The summed E-state index contributed by atoms with van der Waals surface area (Å²) in [5.41, 5.74) is 3.20. The first-order chi connectivity index (χ1) is 11.8. The lowest BCUT2D eigenvalue weighted by Gasteiger charge is -2.10. The van der Waals surface area contributed by atoms with Crippen molar-refractivity contribution in [3.05, 3.63) is 73.1 Å². The van der Waals surface area contributed by atoms with Gasteiger partial charge in [0.1, 0.15) is 11.5 Å². The Morgan fingerprint density at radius 2 is 1.17 bits per heavy atom. The predicted molar refractivity (Wildman–Crippen MR) is 95.6 cm³/mol. The van der Waals surface area contributed by atoms with E-state index >= 15 is 0 Å². The van der Waals surface area contributed by atoms with Crippen LogP contribution in [0.5, 0.6) is 11.5 Å². The first-order valence-electron chi connectivity index (χ1n) is 7.64. The molecule has 3 aromatic rings. The van der Waals surface area contributed by atoms with Crippen LogP contribution in [0.3, 0.4) is 0 Å². The Labute approximate surface area is 142 Å². The summed E-state index contributed by atoms with van der Waals surface area (Å²) in [5, 5.41) is 0. The van der Waals surface area contributed by atoms with Crippen LogP contribution in [0.4, 0.5) is 0 Å². The molecule has 0 bridgehead atoms. The molecule has 0 radical (unpaired) electrons. The number of rotatable bonds is 6. The topological polar surface area (TPSA) is 40.6 Å². The molecule has 3 rings (SSSR count). The number of hydrogen-bond acceptors (Lipinski definition) is 4. The van der Waals surface area contributed by atoms with Gasteiger partial charge < -0.3 is 14.0 Å². The Morgan fingerprint density at radius 1 is 0.667 bits per heavy atom. The van der Waals surface area contributed by atoms with Gasteiger partial charge in [0.2, 0.25) is 0 Å². The zero-order valence-electron chi connectivity index (χ0n) is 13.7. The van der Waals surface area contributed by atoms with Crippen molar-refractivity contribution in [2.24, 2.45) is 0 Å². The van der Waals surface area contributed by atoms with E-state index in [0.29, 0.717) is 0 Å². The summed E-state index contributed by atoms with van der Waals surface area (Å²) in [6.45, 7) is 0. The van der Waals surface area contributed by atoms with Crippen molar-refractivity contribution in [1.82, 2.24) is 4.98 Å². The van der Waals surface area contributed by atoms with Gasteiger partial charge in [-0.2, -0.15) is 0 Å². The number of ether oxygens (including phenoxy) is 1. The minimum absolute atomic E-state index is 0.362. The van der Waals surface area contributed by atoms with Crippen LogP contribution in [0.2, 0.25) is 0 Å². The first-order valence-corrected chi connectivity index (χ1v) is 7.64. The lowest BCUT2D eigenvalue weighted by atomic mass is 9.79. The largest absolute Gasteiger partial charge is 0.493 e. The Morgan fingerprint density at radius 3 is 1.71 bits per heavy atom. The molecular formula is C19H18BNO3. The van der Waals surface area contributed by atoms with E-state index in [1.165, 1.54) is 0 Å². The fourth-order valence-electron chi connectivity index (χ4n) is 2.46. The van der Waals surface area contributed by atoms with Gasteiger partial charge in [0, 0.05) is 26.6 Å². The number of hydrogen-bond donors (Lipinski definition) is 0. The third-order valence-electron chi connectivity index (χ3n) is 3.68. The minimum atomic E-state index is -0.362. The highest BCUT2D eigenvalue weighted by Gasteiger charge is 2.17. The van der Waals surface area contributed by atoms with Crippen LogP contribution in [-0.4, -0.2) is 26.3 Å². The zero-order chi connectivity index (χ0) is 16.8. The van der Waals surface area contributed by atoms with Gasteiger partial charge in [-0.05, 0) is 53.0 Å². The van der Waals surface area contributed by atoms with Gasteiger partial charge in [0.25, 0.3) is 0 Å². The molecule has 5 heteroatoms. The van der Waals surface area contributed by atoms with Gasteiger partial charge in [0.05, 0.1) is 0 Å². The summed E-state index contributed by atoms with van der Waals surface area (Å²) >= 11 is 0. The maximum absolute atomic E-state index is 5.88. The Bertz CT molecular complexity index is 757. The molecule has 0 saturated heterocycles. The lowest BCUT2D eigenvalue weighted by Crippen LogP contribution is -2.34. The standard InChI is InChI=1S/C19H18BNO3/c1-22-20(23-2)17-5-9-19(10-6-17)24-18-7-3-15(4-8-18)16-11-13-21-14-12-16/h3-14H,1-2H3. The summed E-state index contributed by atoms with van der Waals surface area (Å²) in [6.07, 6.45) is 3.57. The molecule has 0 unspecified atom stereocenters. The average Bonchev–Trinajstić information content (AvgIpc) is 2.65. The second-order valence-electron chi connectivity index (χ2n) is 5.23. The van der Waals surface area contributed by atoms with E-state index in [0.717, 1.165) is 28.1 Å². The lowest BCUT2D eigenvalue weighted by molar-refractivity contribution is 0.292. The predicted octanol–water partition coefficient (Wildman–Crippen LogP) is 3.53. The van der Waals surface area contributed by atoms with E-state index in [9.17, 15) is 0 Å². The maximum Gasteiger partial charge on any atom is 0.493 e. The van der Waals surface area contributed by atoms with E-state index in [2.05, 4.69) is 4.98 Å². The normalized spacial score (nSPS) is 10.4. The van der Waals surface area contributed by atoms with Gasteiger partial charge in [-0.3, -0.25) is 4.98 Å². The maximum atomic E-state index is 5.88. The molecule has 0 saturated carbocycles. The molecule has 0 aliphatic carbocycles. The molecule has 1 aromatic heterocycles. The molecule has 2 aromatic carbocycles. The third-order valence-corrected chi connectivity index (χ3v) is 3.68. The van der Waals surface area contributed by atoms with Crippen LogP contribution in [-0.2, 0) is 9.31 Å². The van der Waals surface area contributed by atoms with Crippen LogP contribution >= 0.6 is 0 Å². The van der Waals surface area contributed by atoms with Crippen LogP contribution in [0, 0.1) is 0 Å². The van der Waals surface area contributed by atoms with Crippen molar-refractivity contribution < 1.29 is 14.0 Å². The van der Waals surface area contributed by atoms with Gasteiger partial charge in [0.15, 0.2) is 0 Å². The fourth-order valence-corrected chi connectivity index (χ4v) is 2.46. The van der Waals surface area contributed by atoms with Crippen LogP contribution in [0.25, 0.3) is 11.1 Å². The quantitative estimate of drug-likeness (QED) is 0.652. The smallest absolute Gasteiger partial charge is 0.457 e. The molecule has 0 N–H and O–H groups in total. The summed E-state index contributed by atoms with van der Waals surface area (Å²) < 4.78 is 16.3. The Kier molecular flexibility index (Phi) is 5.26. The van der Waals surface area contributed by atoms with E-state index in [1.807, 2.05) is 60.7 Å². The van der Waals surface area contributed by atoms with E-state index < -0.39 is 0 Å². The highest BCUT2D eigenvalue weighted by Crippen LogP contribution is 2.25. The summed E-state index contributed by atoms with van der Waals surface area (Å²) in [7, 11) is 2.87. The second kappa shape index (κ2) is 7.77. The number of aromatic nitrogens is 1. The molecule has 24 heavy (non-hydrogen) atoms. The molecule has 0 spiro atoms. The molecule has 0 atom stereocenters. The summed E-state index contributed by atoms with van der Waals surface area (Å²) in [4.78, 5) is 4.03. The number of benzene rings is 2. The van der Waals surface area contributed by atoms with Crippen molar-refractivity contribution in [3.63, 3.8) is 0 Å². The van der Waals surface area contributed by atoms with E-state index in [-0.39, 0.29) is 7.12 Å². The van der Waals surface area contributed by atoms with Crippen LogP contribution in [0.15, 0.2) is 73.1 Å². The second-order valence-corrected chi connectivity index (χ2v) is 5.23. The molecule has 0 fully saturated rings. The van der Waals surface area contributed by atoms with E-state index in [4.69, 9.17) is 14.0 Å². The molecule has 1 heterocycles. The van der Waals surface area contributed by atoms with Crippen LogP contribution in [0.1, 0.15) is 0 Å². The minimum Gasteiger partial charge on any atom is -0.457 e. The number of nitrogens with zero attached hydrogens (tertiary/aromatic N) is 1. The van der Waals surface area contributed by atoms with Crippen molar-refractivity contribution in [1.29, 1.82) is 0 Å². The molecule has 4 nitrogen and oxygen atoms in total. The Balaban J connectivity index is 1.70. The molecule has 120 valence electrons. The Hall–Kier alpha value is -2.63. The highest BCUT2D eigenvalue weighted by molar-refractivity contribution is 6.61. The average molecular weight is 319 g/mol. The van der Waals surface area contributed by atoms with Gasteiger partial charge in [-0.25, -0.2) is 0 Å². The van der Waals surface area contributed by atoms with Crippen LogP contribution < -0.4 is 10.2 Å². The summed E-state index contributed by atoms with van der Waals surface area (Å²) in [5.74, 6) is 1.55.